The predicted molar refractivity (Wildman–Crippen MR) is 103 cm³/mol. The quantitative estimate of drug-likeness (QED) is 0.572. The monoisotopic (exact) mass is 379 g/mol. The van der Waals surface area contributed by atoms with Gasteiger partial charge in [0.05, 0.1) is 40.3 Å². The van der Waals surface area contributed by atoms with Crippen molar-refractivity contribution in [2.24, 2.45) is 7.05 Å². The van der Waals surface area contributed by atoms with E-state index in [-0.39, 0.29) is 11.9 Å². The second kappa shape index (κ2) is 6.91. The summed E-state index contributed by atoms with van der Waals surface area (Å²) in [5.41, 5.74) is 3.76. The van der Waals surface area contributed by atoms with Gasteiger partial charge < -0.3 is 9.84 Å². The third kappa shape index (κ3) is 3.04. The highest BCUT2D eigenvalue weighted by Gasteiger charge is 2.22. The fraction of sp³-hybridized carbons (Fsp3) is 0.316. The van der Waals surface area contributed by atoms with E-state index in [0.717, 1.165) is 17.8 Å². The van der Waals surface area contributed by atoms with Gasteiger partial charge in [-0.1, -0.05) is 5.16 Å². The normalized spacial score (nSPS) is 12.4. The smallest absolute Gasteiger partial charge is 0.259 e. The Kier molecular flexibility index (Phi) is 4.42. The number of hydrogen-bond acceptors (Lipinski definition) is 6. The Morgan fingerprint density at radius 2 is 2.18 bits per heavy atom. The number of pyridine rings is 1. The van der Waals surface area contributed by atoms with Crippen LogP contribution in [-0.4, -0.2) is 35.6 Å². The summed E-state index contributed by atoms with van der Waals surface area (Å²) in [5, 5.41) is 16.1. The molecular formula is C19H21N7O2. The number of hydrogen-bond donors (Lipinski definition) is 1. The lowest BCUT2D eigenvalue weighted by Gasteiger charge is -2.16. The number of aryl methyl sites for hydroxylation is 3. The summed E-state index contributed by atoms with van der Waals surface area (Å²) in [4.78, 5) is 17.6. The SMILES string of the molecule is CCn1nccc1[C@@H](C)NC(=O)c1cc(-c2cnn(C)c2)nc2onc(C)c12. The molecule has 4 heterocycles. The molecule has 0 saturated carbocycles. The van der Waals surface area contributed by atoms with Crippen molar-refractivity contribution in [3.63, 3.8) is 0 Å². The number of carbonyl (C=O) groups is 1. The van der Waals surface area contributed by atoms with Gasteiger partial charge in [-0.15, -0.1) is 0 Å². The van der Waals surface area contributed by atoms with Crippen LogP contribution >= 0.6 is 0 Å². The van der Waals surface area contributed by atoms with E-state index in [1.165, 1.54) is 0 Å². The average Bonchev–Trinajstić information content (AvgIpc) is 3.40. The van der Waals surface area contributed by atoms with Crippen molar-refractivity contribution >= 4 is 17.0 Å². The zero-order valence-electron chi connectivity index (χ0n) is 16.2. The number of aromatic nitrogens is 6. The third-order valence-corrected chi connectivity index (χ3v) is 4.70. The van der Waals surface area contributed by atoms with Crippen LogP contribution in [0.1, 0.15) is 41.6 Å². The fourth-order valence-corrected chi connectivity index (χ4v) is 3.30. The van der Waals surface area contributed by atoms with Gasteiger partial charge in [-0.2, -0.15) is 10.2 Å². The zero-order valence-corrected chi connectivity index (χ0v) is 16.2. The first-order valence-corrected chi connectivity index (χ1v) is 9.06. The Bertz CT molecular complexity index is 1150. The van der Waals surface area contributed by atoms with E-state index in [9.17, 15) is 4.79 Å². The summed E-state index contributed by atoms with van der Waals surface area (Å²) >= 11 is 0. The van der Waals surface area contributed by atoms with Gasteiger partial charge in [-0.25, -0.2) is 4.98 Å². The van der Waals surface area contributed by atoms with E-state index in [1.807, 2.05) is 37.8 Å². The largest absolute Gasteiger partial charge is 0.344 e. The van der Waals surface area contributed by atoms with Crippen LogP contribution in [0, 0.1) is 6.92 Å². The first-order valence-electron chi connectivity index (χ1n) is 9.06. The van der Waals surface area contributed by atoms with Gasteiger partial charge in [-0.3, -0.25) is 14.2 Å². The van der Waals surface area contributed by atoms with Gasteiger partial charge in [0, 0.05) is 31.5 Å². The molecule has 4 aromatic rings. The maximum atomic E-state index is 13.1. The van der Waals surface area contributed by atoms with Crippen molar-refractivity contribution < 1.29 is 9.32 Å². The minimum atomic E-state index is -0.222. The zero-order chi connectivity index (χ0) is 19.8. The van der Waals surface area contributed by atoms with E-state index >= 15 is 0 Å². The van der Waals surface area contributed by atoms with Gasteiger partial charge in [0.15, 0.2) is 0 Å². The average molecular weight is 379 g/mol. The number of rotatable bonds is 5. The number of carbonyl (C=O) groups excluding carboxylic acids is 1. The second-order valence-electron chi connectivity index (χ2n) is 6.67. The van der Waals surface area contributed by atoms with E-state index in [1.54, 1.807) is 30.1 Å². The summed E-state index contributed by atoms with van der Waals surface area (Å²) in [6, 6.07) is 3.45. The minimum absolute atomic E-state index is 0.208. The van der Waals surface area contributed by atoms with Crippen LogP contribution < -0.4 is 5.32 Å². The third-order valence-electron chi connectivity index (χ3n) is 4.70. The molecule has 0 saturated heterocycles. The molecule has 4 rings (SSSR count). The number of nitrogens with zero attached hydrogens (tertiary/aromatic N) is 6. The molecule has 0 radical (unpaired) electrons. The Morgan fingerprint density at radius 1 is 1.36 bits per heavy atom. The van der Waals surface area contributed by atoms with Gasteiger partial charge >= 0.3 is 0 Å². The molecule has 0 aliphatic rings. The molecule has 0 unspecified atom stereocenters. The van der Waals surface area contributed by atoms with Crippen molar-refractivity contribution in [1.82, 2.24) is 35.0 Å². The van der Waals surface area contributed by atoms with Crippen LogP contribution in [0.5, 0.6) is 0 Å². The molecule has 1 atom stereocenters. The molecule has 0 aliphatic heterocycles. The molecule has 0 spiro atoms. The van der Waals surface area contributed by atoms with Gasteiger partial charge in [0.1, 0.15) is 0 Å². The van der Waals surface area contributed by atoms with Crippen molar-refractivity contribution in [1.29, 1.82) is 0 Å². The predicted octanol–water partition coefficient (Wildman–Crippen LogP) is 2.64. The summed E-state index contributed by atoms with van der Waals surface area (Å²) in [6.07, 6.45) is 5.26. The summed E-state index contributed by atoms with van der Waals surface area (Å²) < 4.78 is 8.88. The minimum Gasteiger partial charge on any atom is -0.344 e. The molecule has 9 heteroatoms. The molecule has 1 amide bonds. The molecule has 9 nitrogen and oxygen atoms in total. The first kappa shape index (κ1) is 17.9. The molecule has 0 fully saturated rings. The lowest BCUT2D eigenvalue weighted by molar-refractivity contribution is 0.0940. The highest BCUT2D eigenvalue weighted by Crippen LogP contribution is 2.27. The second-order valence-corrected chi connectivity index (χ2v) is 6.67. The Balaban J connectivity index is 1.74. The van der Waals surface area contributed by atoms with E-state index in [4.69, 9.17) is 4.52 Å². The molecule has 28 heavy (non-hydrogen) atoms. The molecule has 1 N–H and O–H groups in total. The Hall–Kier alpha value is -3.49. The van der Waals surface area contributed by atoms with Gasteiger partial charge in [0.25, 0.3) is 11.6 Å². The highest BCUT2D eigenvalue weighted by molar-refractivity contribution is 6.07. The Labute approximate surface area is 161 Å². The van der Waals surface area contributed by atoms with Gasteiger partial charge in [0.2, 0.25) is 0 Å². The van der Waals surface area contributed by atoms with Gasteiger partial charge in [-0.05, 0) is 32.9 Å². The van der Waals surface area contributed by atoms with Crippen molar-refractivity contribution in [3.05, 3.63) is 47.7 Å². The maximum Gasteiger partial charge on any atom is 0.259 e. The Morgan fingerprint density at radius 3 is 2.89 bits per heavy atom. The molecule has 0 aromatic carbocycles. The topological polar surface area (TPSA) is 104 Å². The van der Waals surface area contributed by atoms with Crippen LogP contribution in [0.25, 0.3) is 22.4 Å². The number of fused-ring (bicyclic) bond motifs is 1. The maximum absolute atomic E-state index is 13.1. The van der Waals surface area contributed by atoms with Crippen molar-refractivity contribution in [3.8, 4) is 11.3 Å². The molecular weight excluding hydrogens is 358 g/mol. The van der Waals surface area contributed by atoms with E-state index < -0.39 is 0 Å². The first-order chi connectivity index (χ1) is 13.5. The lowest BCUT2D eigenvalue weighted by atomic mass is 10.1. The van der Waals surface area contributed by atoms with E-state index in [0.29, 0.717) is 28.1 Å². The highest BCUT2D eigenvalue weighted by atomic mass is 16.5. The molecule has 4 aromatic heterocycles. The molecule has 0 aliphatic carbocycles. The molecule has 0 bridgehead atoms. The summed E-state index contributed by atoms with van der Waals surface area (Å²) in [6.45, 7) is 6.47. The van der Waals surface area contributed by atoms with Crippen LogP contribution in [0.3, 0.4) is 0 Å². The number of amides is 1. The van der Waals surface area contributed by atoms with Crippen molar-refractivity contribution in [2.75, 3.05) is 0 Å². The summed E-state index contributed by atoms with van der Waals surface area (Å²) in [5.74, 6) is -0.222. The fourth-order valence-electron chi connectivity index (χ4n) is 3.30. The van der Waals surface area contributed by atoms with Crippen LogP contribution in [0.15, 0.2) is 35.2 Å². The van der Waals surface area contributed by atoms with Crippen LogP contribution in [-0.2, 0) is 13.6 Å². The standard InChI is InChI=1S/C19H21N7O2/c1-5-26-16(6-7-20-26)11(2)22-18(27)14-8-15(13-9-21-25(4)10-13)23-19-17(14)12(3)24-28-19/h6-11H,5H2,1-4H3,(H,22,27)/t11-/m1/s1. The lowest BCUT2D eigenvalue weighted by Crippen LogP contribution is -2.28. The summed E-state index contributed by atoms with van der Waals surface area (Å²) in [7, 11) is 1.83. The van der Waals surface area contributed by atoms with Crippen LogP contribution in [0.2, 0.25) is 0 Å². The van der Waals surface area contributed by atoms with E-state index in [2.05, 4.69) is 25.7 Å². The molecule has 144 valence electrons. The van der Waals surface area contributed by atoms with Crippen molar-refractivity contribution in [2.45, 2.75) is 33.4 Å². The number of nitrogens with one attached hydrogen (secondary N) is 1. The van der Waals surface area contributed by atoms with Crippen LogP contribution in [0.4, 0.5) is 0 Å².